The first kappa shape index (κ1) is 14.4. The van der Waals surface area contributed by atoms with Gasteiger partial charge in [0, 0.05) is 11.3 Å². The van der Waals surface area contributed by atoms with Gasteiger partial charge in [-0.1, -0.05) is 0 Å². The Morgan fingerprint density at radius 1 is 1.42 bits per heavy atom. The monoisotopic (exact) mass is 290 g/mol. The number of alkyl halides is 3. The van der Waals surface area contributed by atoms with Crippen LogP contribution in [0.3, 0.4) is 0 Å². The maximum absolute atomic E-state index is 12.5. The summed E-state index contributed by atoms with van der Waals surface area (Å²) in [6.07, 6.45) is -2.05. The summed E-state index contributed by atoms with van der Waals surface area (Å²) in [5.74, 6) is 1.14. The number of benzene rings is 1. The maximum atomic E-state index is 12.5. The lowest BCUT2D eigenvalue weighted by Gasteiger charge is -2.24. The van der Waals surface area contributed by atoms with Gasteiger partial charge >= 0.3 is 6.18 Å². The molecule has 3 N–H and O–H groups in total. The Kier molecular flexibility index (Phi) is 3.90. The van der Waals surface area contributed by atoms with E-state index in [2.05, 4.69) is 12.2 Å². The lowest BCUT2D eigenvalue weighted by molar-refractivity contribution is -0.137. The van der Waals surface area contributed by atoms with Crippen LogP contribution in [0.25, 0.3) is 0 Å². The molecule has 0 aliphatic carbocycles. The van der Waals surface area contributed by atoms with E-state index < -0.39 is 11.7 Å². The quantitative estimate of drug-likeness (QED) is 0.827. The highest BCUT2D eigenvalue weighted by atomic mass is 32.2. The first-order valence-corrected chi connectivity index (χ1v) is 7.13. The normalized spacial score (nSPS) is 23.6. The highest BCUT2D eigenvalue weighted by Crippen LogP contribution is 2.38. The molecule has 1 heterocycles. The van der Waals surface area contributed by atoms with Crippen LogP contribution in [0.15, 0.2) is 18.2 Å². The Bertz CT molecular complexity index is 454. The molecule has 1 aliphatic rings. The minimum Gasteiger partial charge on any atom is -0.397 e. The molecule has 0 spiro atoms. The van der Waals surface area contributed by atoms with E-state index >= 15 is 0 Å². The summed E-state index contributed by atoms with van der Waals surface area (Å²) < 4.78 is 37.7. The van der Waals surface area contributed by atoms with Gasteiger partial charge in [-0.2, -0.15) is 24.9 Å². The van der Waals surface area contributed by atoms with Gasteiger partial charge in [-0.15, -0.1) is 0 Å². The van der Waals surface area contributed by atoms with E-state index in [-0.39, 0.29) is 10.4 Å². The van der Waals surface area contributed by atoms with Crippen LogP contribution in [0, 0.1) is 0 Å². The van der Waals surface area contributed by atoms with Crippen molar-refractivity contribution in [1.82, 2.24) is 0 Å². The molecule has 1 atom stereocenters. The van der Waals surface area contributed by atoms with Crippen LogP contribution >= 0.6 is 11.8 Å². The molecule has 1 saturated heterocycles. The highest BCUT2D eigenvalue weighted by molar-refractivity contribution is 8.00. The molecular formula is C13H17F3N2S. The van der Waals surface area contributed by atoms with E-state index in [4.69, 9.17) is 5.73 Å². The fraction of sp³-hybridized carbons (Fsp3) is 0.538. The van der Waals surface area contributed by atoms with Crippen LogP contribution in [0.2, 0.25) is 0 Å². The topological polar surface area (TPSA) is 38.0 Å². The smallest absolute Gasteiger partial charge is 0.397 e. The maximum Gasteiger partial charge on any atom is 0.416 e. The minimum absolute atomic E-state index is 0.140. The van der Waals surface area contributed by atoms with E-state index in [1.807, 2.05) is 11.8 Å². The van der Waals surface area contributed by atoms with Gasteiger partial charge in [0.15, 0.2) is 0 Å². The number of nitrogens with two attached hydrogens (primary N) is 1. The molecule has 1 fully saturated rings. The number of anilines is 2. The van der Waals surface area contributed by atoms with Crippen molar-refractivity contribution in [2.75, 3.05) is 23.3 Å². The molecule has 2 nitrogen and oxygen atoms in total. The number of rotatable bonds is 3. The van der Waals surface area contributed by atoms with Gasteiger partial charge in [-0.25, -0.2) is 0 Å². The summed E-state index contributed by atoms with van der Waals surface area (Å²) in [7, 11) is 0. The summed E-state index contributed by atoms with van der Waals surface area (Å²) in [5, 5.41) is 3.16. The zero-order chi connectivity index (χ0) is 14.1. The Hall–Kier alpha value is -1.04. The van der Waals surface area contributed by atoms with Crippen LogP contribution in [-0.4, -0.2) is 17.0 Å². The molecule has 2 rings (SSSR count). The molecule has 6 heteroatoms. The summed E-state index contributed by atoms with van der Waals surface area (Å²) >= 11 is 1.89. The third kappa shape index (κ3) is 3.49. The summed E-state index contributed by atoms with van der Waals surface area (Å²) in [6.45, 7) is 2.88. The Balaban J connectivity index is 2.05. The first-order chi connectivity index (χ1) is 8.80. The van der Waals surface area contributed by atoms with Crippen LogP contribution in [-0.2, 0) is 6.18 Å². The zero-order valence-corrected chi connectivity index (χ0v) is 11.5. The van der Waals surface area contributed by atoms with Gasteiger partial charge in [0.25, 0.3) is 0 Å². The molecule has 0 aromatic heterocycles. The van der Waals surface area contributed by atoms with Crippen molar-refractivity contribution in [1.29, 1.82) is 0 Å². The molecule has 0 saturated carbocycles. The van der Waals surface area contributed by atoms with Crippen molar-refractivity contribution in [2.24, 2.45) is 0 Å². The van der Waals surface area contributed by atoms with Crippen LogP contribution in [0.5, 0.6) is 0 Å². The second-order valence-corrected chi connectivity index (χ2v) is 6.74. The van der Waals surface area contributed by atoms with Gasteiger partial charge in [0.1, 0.15) is 0 Å². The third-order valence-electron chi connectivity index (χ3n) is 3.33. The van der Waals surface area contributed by atoms with Crippen molar-refractivity contribution in [2.45, 2.75) is 30.7 Å². The average molecular weight is 290 g/mol. The van der Waals surface area contributed by atoms with Gasteiger partial charge in [-0.05, 0) is 43.7 Å². The standard InChI is InChI=1S/C13H17F3N2S/c1-12(5-2-6-19-12)8-18-11-4-3-9(7-10(11)17)13(14,15)16/h3-4,7,18H,2,5-6,8,17H2,1H3. The summed E-state index contributed by atoms with van der Waals surface area (Å²) in [6, 6.07) is 3.44. The Morgan fingerprint density at radius 2 is 2.16 bits per heavy atom. The SMILES string of the molecule is CC1(CNc2ccc(C(F)(F)F)cc2N)CCCS1. The fourth-order valence-electron chi connectivity index (χ4n) is 2.16. The minimum atomic E-state index is -4.35. The highest BCUT2D eigenvalue weighted by Gasteiger charge is 2.31. The number of nitrogens with one attached hydrogen (secondary N) is 1. The molecule has 19 heavy (non-hydrogen) atoms. The van der Waals surface area contributed by atoms with Crippen molar-refractivity contribution < 1.29 is 13.2 Å². The molecule has 0 amide bonds. The van der Waals surface area contributed by atoms with Crippen molar-refractivity contribution >= 4 is 23.1 Å². The van der Waals surface area contributed by atoms with E-state index in [1.165, 1.54) is 12.5 Å². The number of halogens is 3. The summed E-state index contributed by atoms with van der Waals surface area (Å²) in [5.41, 5.74) is 5.68. The average Bonchev–Trinajstić information content (AvgIpc) is 2.74. The van der Waals surface area contributed by atoms with E-state index in [0.717, 1.165) is 24.3 Å². The van der Waals surface area contributed by atoms with Gasteiger partial charge in [0.05, 0.1) is 16.9 Å². The van der Waals surface area contributed by atoms with E-state index in [0.29, 0.717) is 12.2 Å². The number of hydrogen-bond acceptors (Lipinski definition) is 3. The van der Waals surface area contributed by atoms with Gasteiger partial charge in [0.2, 0.25) is 0 Å². The van der Waals surface area contributed by atoms with Crippen LogP contribution in [0.4, 0.5) is 24.5 Å². The van der Waals surface area contributed by atoms with Gasteiger partial charge in [-0.3, -0.25) is 0 Å². The number of hydrogen-bond donors (Lipinski definition) is 2. The Morgan fingerprint density at radius 3 is 2.68 bits per heavy atom. The fourth-order valence-corrected chi connectivity index (χ4v) is 3.40. The summed E-state index contributed by atoms with van der Waals surface area (Å²) in [4.78, 5) is 0. The van der Waals surface area contributed by atoms with Gasteiger partial charge < -0.3 is 11.1 Å². The zero-order valence-electron chi connectivity index (χ0n) is 10.7. The molecule has 1 unspecified atom stereocenters. The predicted molar refractivity (Wildman–Crippen MR) is 74.4 cm³/mol. The Labute approximate surface area is 114 Å². The second-order valence-electron chi connectivity index (χ2n) is 5.06. The number of thioether (sulfide) groups is 1. The largest absolute Gasteiger partial charge is 0.416 e. The molecular weight excluding hydrogens is 273 g/mol. The molecule has 1 aliphatic heterocycles. The first-order valence-electron chi connectivity index (χ1n) is 6.15. The van der Waals surface area contributed by atoms with Crippen LogP contribution < -0.4 is 11.1 Å². The van der Waals surface area contributed by atoms with Crippen LogP contribution in [0.1, 0.15) is 25.3 Å². The van der Waals surface area contributed by atoms with Crippen molar-refractivity contribution in [3.05, 3.63) is 23.8 Å². The molecule has 0 bridgehead atoms. The van der Waals surface area contributed by atoms with Crippen molar-refractivity contribution in [3.8, 4) is 0 Å². The second kappa shape index (κ2) is 5.15. The van der Waals surface area contributed by atoms with Crippen molar-refractivity contribution in [3.63, 3.8) is 0 Å². The predicted octanol–water partition coefficient (Wildman–Crippen LogP) is 3.99. The lowest BCUT2D eigenvalue weighted by atomic mass is 10.1. The lowest BCUT2D eigenvalue weighted by Crippen LogP contribution is -2.27. The molecule has 106 valence electrons. The van der Waals surface area contributed by atoms with E-state index in [9.17, 15) is 13.2 Å². The number of nitrogen functional groups attached to an aromatic ring is 1. The molecule has 0 radical (unpaired) electrons. The molecule has 1 aromatic rings. The van der Waals surface area contributed by atoms with E-state index in [1.54, 1.807) is 0 Å². The molecule has 1 aromatic carbocycles. The third-order valence-corrected chi connectivity index (χ3v) is 4.87.